The second-order valence-corrected chi connectivity index (χ2v) is 5.96. The molecule has 2 heterocycles. The number of ether oxygens (including phenoxy) is 2. The van der Waals surface area contributed by atoms with Crippen molar-refractivity contribution in [3.63, 3.8) is 0 Å². The Labute approximate surface area is 161 Å². The van der Waals surface area contributed by atoms with Crippen molar-refractivity contribution in [2.24, 2.45) is 0 Å². The van der Waals surface area contributed by atoms with Crippen molar-refractivity contribution in [1.82, 2.24) is 19.9 Å². The van der Waals surface area contributed by atoms with Gasteiger partial charge in [-0.05, 0) is 0 Å². The van der Waals surface area contributed by atoms with Crippen molar-refractivity contribution < 1.29 is 19.1 Å². The van der Waals surface area contributed by atoms with Gasteiger partial charge in [0.2, 0.25) is 0 Å². The van der Waals surface area contributed by atoms with Crippen molar-refractivity contribution >= 4 is 58.3 Å². The summed E-state index contributed by atoms with van der Waals surface area (Å²) in [7, 11) is 2.08. The van der Waals surface area contributed by atoms with Gasteiger partial charge < -0.3 is 9.47 Å². The van der Waals surface area contributed by atoms with E-state index in [4.69, 9.17) is 55.9 Å². The van der Waals surface area contributed by atoms with Crippen LogP contribution in [0.15, 0.2) is 12.1 Å². The topological polar surface area (TPSA) is 104 Å². The molecule has 2 aromatic rings. The number of nitrogens with zero attached hydrogens (tertiary/aromatic N) is 4. The SMILES string of the molecule is COC(=O)C(C(=O)OC)(c1nc(Cl)cc(Cl)n1)c1nc(Cl)cc(Cl)n1. The van der Waals surface area contributed by atoms with E-state index in [1.165, 1.54) is 12.1 Å². The molecule has 0 fully saturated rings. The summed E-state index contributed by atoms with van der Waals surface area (Å²) in [6.07, 6.45) is 0. The van der Waals surface area contributed by atoms with E-state index in [0.717, 1.165) is 14.2 Å². The van der Waals surface area contributed by atoms with Gasteiger partial charge in [-0.3, -0.25) is 0 Å². The van der Waals surface area contributed by atoms with Gasteiger partial charge in [0, 0.05) is 12.1 Å². The third-order valence-electron chi connectivity index (χ3n) is 2.98. The third-order valence-corrected chi connectivity index (χ3v) is 3.76. The zero-order valence-corrected chi connectivity index (χ0v) is 15.6. The Balaban J connectivity index is 2.95. The molecule has 0 N–H and O–H groups in total. The van der Waals surface area contributed by atoms with Crippen LogP contribution in [0.1, 0.15) is 11.6 Å². The molecule has 0 aliphatic rings. The molecule has 8 nitrogen and oxygen atoms in total. The number of carbonyl (C=O) groups excluding carboxylic acids is 2. The Bertz CT molecular complexity index is 739. The lowest BCUT2D eigenvalue weighted by molar-refractivity contribution is -0.160. The lowest BCUT2D eigenvalue weighted by Gasteiger charge is -2.25. The molecule has 0 amide bonds. The van der Waals surface area contributed by atoms with E-state index in [9.17, 15) is 9.59 Å². The Morgan fingerprint density at radius 2 is 1.04 bits per heavy atom. The first-order valence-electron chi connectivity index (χ1n) is 6.33. The van der Waals surface area contributed by atoms with Gasteiger partial charge in [0.05, 0.1) is 14.2 Å². The fraction of sp³-hybridized carbons (Fsp3) is 0.231. The molecule has 12 heteroatoms. The molecular weight excluding hydrogens is 418 g/mol. The third kappa shape index (κ3) is 3.62. The van der Waals surface area contributed by atoms with E-state index in [2.05, 4.69) is 19.9 Å². The predicted molar refractivity (Wildman–Crippen MR) is 88.9 cm³/mol. The molecule has 0 aromatic carbocycles. The number of esters is 2. The Hall–Kier alpha value is -1.74. The van der Waals surface area contributed by atoms with Crippen LogP contribution in [0.5, 0.6) is 0 Å². The number of aromatic nitrogens is 4. The summed E-state index contributed by atoms with van der Waals surface area (Å²) >= 11 is 23.5. The Morgan fingerprint density at radius 3 is 1.28 bits per heavy atom. The van der Waals surface area contributed by atoms with Gasteiger partial charge in [0.15, 0.2) is 11.6 Å². The number of hydrogen-bond donors (Lipinski definition) is 0. The van der Waals surface area contributed by atoms with Crippen molar-refractivity contribution in [2.45, 2.75) is 5.41 Å². The molecule has 0 unspecified atom stereocenters. The lowest BCUT2D eigenvalue weighted by Crippen LogP contribution is -2.49. The maximum absolute atomic E-state index is 12.6. The standard InChI is InChI=1S/C13H8Cl4N4O4/c1-24-11(22)13(12(23)25-2,9-18-5(14)3-6(15)19-9)10-20-7(16)4-8(17)21-10/h3-4H,1-2H3. The number of hydrogen-bond acceptors (Lipinski definition) is 8. The zero-order valence-electron chi connectivity index (χ0n) is 12.6. The summed E-state index contributed by atoms with van der Waals surface area (Å²) in [4.78, 5) is 40.8. The van der Waals surface area contributed by atoms with Crippen LogP contribution in [0.3, 0.4) is 0 Å². The minimum Gasteiger partial charge on any atom is -0.467 e. The van der Waals surface area contributed by atoms with E-state index in [-0.39, 0.29) is 20.6 Å². The van der Waals surface area contributed by atoms with Crippen LogP contribution < -0.4 is 0 Å². The Morgan fingerprint density at radius 1 is 0.760 bits per heavy atom. The predicted octanol–water partition coefficient (Wildman–Crippen LogP) is 2.51. The Kier molecular flexibility index (Phi) is 5.99. The lowest BCUT2D eigenvalue weighted by atomic mass is 9.85. The largest absolute Gasteiger partial charge is 0.467 e. The van der Waals surface area contributed by atoms with E-state index in [1.54, 1.807) is 0 Å². The number of halogens is 4. The van der Waals surface area contributed by atoms with E-state index >= 15 is 0 Å². The molecule has 0 spiro atoms. The minimum absolute atomic E-state index is 0.139. The molecule has 25 heavy (non-hydrogen) atoms. The van der Waals surface area contributed by atoms with Gasteiger partial charge in [0.25, 0.3) is 5.41 Å². The smallest absolute Gasteiger partial charge is 0.339 e. The molecule has 0 saturated carbocycles. The highest BCUT2D eigenvalue weighted by molar-refractivity contribution is 6.34. The molecule has 0 aliphatic carbocycles. The van der Waals surface area contributed by atoms with Crippen molar-refractivity contribution in [3.05, 3.63) is 44.4 Å². The van der Waals surface area contributed by atoms with Gasteiger partial charge in [-0.1, -0.05) is 46.4 Å². The van der Waals surface area contributed by atoms with Crippen molar-refractivity contribution in [2.75, 3.05) is 14.2 Å². The summed E-state index contributed by atoms with van der Waals surface area (Å²) < 4.78 is 9.47. The summed E-state index contributed by atoms with van der Waals surface area (Å²) in [5.41, 5.74) is -2.44. The second kappa shape index (κ2) is 7.65. The first kappa shape index (κ1) is 19.6. The van der Waals surface area contributed by atoms with Gasteiger partial charge >= 0.3 is 11.9 Å². The number of rotatable bonds is 4. The molecule has 0 bridgehead atoms. The zero-order chi connectivity index (χ0) is 18.8. The normalized spacial score (nSPS) is 11.1. The second-order valence-electron chi connectivity index (χ2n) is 4.41. The maximum Gasteiger partial charge on any atom is 0.339 e. The van der Waals surface area contributed by atoms with Crippen molar-refractivity contribution in [1.29, 1.82) is 0 Å². The van der Waals surface area contributed by atoms with Gasteiger partial charge in [0.1, 0.15) is 20.6 Å². The van der Waals surface area contributed by atoms with E-state index < -0.39 is 29.0 Å². The maximum atomic E-state index is 12.6. The monoisotopic (exact) mass is 424 g/mol. The molecule has 0 radical (unpaired) electrons. The number of carbonyl (C=O) groups is 2. The summed E-state index contributed by atoms with van der Waals surface area (Å²) in [6, 6.07) is 2.41. The van der Waals surface area contributed by atoms with Gasteiger partial charge in [-0.25, -0.2) is 29.5 Å². The molecule has 2 rings (SSSR count). The summed E-state index contributed by atoms with van der Waals surface area (Å²) in [5.74, 6) is -3.20. The van der Waals surface area contributed by atoms with Crippen LogP contribution in [-0.4, -0.2) is 46.1 Å². The number of methoxy groups -OCH3 is 2. The van der Waals surface area contributed by atoms with Crippen LogP contribution in [0, 0.1) is 0 Å². The molecule has 0 aliphatic heterocycles. The van der Waals surface area contributed by atoms with Gasteiger partial charge in [-0.2, -0.15) is 0 Å². The molecular formula is C13H8Cl4N4O4. The van der Waals surface area contributed by atoms with Crippen LogP contribution in [0.4, 0.5) is 0 Å². The van der Waals surface area contributed by atoms with Crippen LogP contribution >= 0.6 is 46.4 Å². The summed E-state index contributed by atoms with van der Waals surface area (Å²) in [5, 5.41) is -0.554. The average molecular weight is 426 g/mol. The van der Waals surface area contributed by atoms with E-state index in [0.29, 0.717) is 0 Å². The van der Waals surface area contributed by atoms with Crippen LogP contribution in [0.25, 0.3) is 0 Å². The molecule has 132 valence electrons. The highest BCUT2D eigenvalue weighted by Gasteiger charge is 2.58. The minimum atomic E-state index is -2.44. The molecule has 0 atom stereocenters. The average Bonchev–Trinajstić information content (AvgIpc) is 2.53. The fourth-order valence-electron chi connectivity index (χ4n) is 1.97. The van der Waals surface area contributed by atoms with Crippen LogP contribution in [0.2, 0.25) is 20.6 Å². The summed E-state index contributed by atoms with van der Waals surface area (Å²) in [6.45, 7) is 0. The first-order chi connectivity index (χ1) is 11.7. The van der Waals surface area contributed by atoms with Crippen molar-refractivity contribution in [3.8, 4) is 0 Å². The first-order valence-corrected chi connectivity index (χ1v) is 7.84. The fourth-order valence-corrected chi connectivity index (χ4v) is 2.82. The van der Waals surface area contributed by atoms with Crippen LogP contribution in [-0.2, 0) is 24.5 Å². The molecule has 0 saturated heterocycles. The van der Waals surface area contributed by atoms with Gasteiger partial charge in [-0.15, -0.1) is 0 Å². The quantitative estimate of drug-likeness (QED) is 0.418. The highest BCUT2D eigenvalue weighted by Crippen LogP contribution is 2.34. The molecule has 2 aromatic heterocycles. The highest BCUT2D eigenvalue weighted by atomic mass is 35.5. The van der Waals surface area contributed by atoms with E-state index in [1.807, 2.05) is 0 Å².